The first-order valence-corrected chi connectivity index (χ1v) is 11.0. The summed E-state index contributed by atoms with van der Waals surface area (Å²) >= 11 is 6.02. The summed E-state index contributed by atoms with van der Waals surface area (Å²) in [6.45, 7) is 10.8. The van der Waals surface area contributed by atoms with E-state index in [1.54, 1.807) is 27.7 Å². The molecule has 0 spiro atoms. The molecule has 1 heterocycles. The number of aliphatic hydroxyl groups is 1. The van der Waals surface area contributed by atoms with Gasteiger partial charge in [0.1, 0.15) is 5.76 Å². The monoisotopic (exact) mass is 455 g/mol. The number of benzene rings is 2. The van der Waals surface area contributed by atoms with Crippen LogP contribution in [0.1, 0.15) is 50.8 Å². The standard InChI is InChI=1S/C26H30ClNO4/c1-15-13-18(17-7-9-19(27)10-8-17)14-16(2)20(15)21-22(32-24(31)25(3,4)5)26(6,11-12-29)28-23(21)30/h7-10,13-14,29H,11-12H2,1-6H3,(H,28,30). The maximum atomic E-state index is 13.1. The number of nitrogens with one attached hydrogen (secondary N) is 1. The third-order valence-corrected chi connectivity index (χ3v) is 5.98. The molecule has 0 fully saturated rings. The van der Waals surface area contributed by atoms with Crippen LogP contribution in [0.3, 0.4) is 0 Å². The molecule has 1 amide bonds. The summed E-state index contributed by atoms with van der Waals surface area (Å²) in [6, 6.07) is 11.6. The van der Waals surface area contributed by atoms with Crippen molar-refractivity contribution in [1.29, 1.82) is 0 Å². The van der Waals surface area contributed by atoms with Crippen LogP contribution in [0.4, 0.5) is 0 Å². The molecule has 0 bridgehead atoms. The van der Waals surface area contributed by atoms with Crippen molar-refractivity contribution in [3.63, 3.8) is 0 Å². The first-order valence-electron chi connectivity index (χ1n) is 10.7. The highest BCUT2D eigenvalue weighted by atomic mass is 35.5. The van der Waals surface area contributed by atoms with E-state index in [9.17, 15) is 14.7 Å². The molecule has 1 aliphatic heterocycles. The van der Waals surface area contributed by atoms with Gasteiger partial charge < -0.3 is 15.2 Å². The molecular formula is C26H30ClNO4. The second kappa shape index (κ2) is 8.72. The molecular weight excluding hydrogens is 426 g/mol. The average Bonchev–Trinajstić information content (AvgIpc) is 2.91. The SMILES string of the molecule is Cc1cc(-c2ccc(Cl)cc2)cc(C)c1C1=C(OC(=O)C(C)(C)C)C(C)(CCO)NC1=O. The fourth-order valence-corrected chi connectivity index (χ4v) is 4.08. The number of esters is 1. The molecule has 2 N–H and O–H groups in total. The van der Waals surface area contributed by atoms with Gasteiger partial charge in [-0.2, -0.15) is 0 Å². The summed E-state index contributed by atoms with van der Waals surface area (Å²) in [5.74, 6) is -0.483. The molecule has 1 unspecified atom stereocenters. The molecule has 2 aromatic rings. The van der Waals surface area contributed by atoms with E-state index in [0.717, 1.165) is 27.8 Å². The van der Waals surface area contributed by atoms with E-state index in [1.807, 2.05) is 50.2 Å². The number of aliphatic hydroxyl groups excluding tert-OH is 1. The lowest BCUT2D eigenvalue weighted by atomic mass is 9.88. The highest BCUT2D eigenvalue weighted by Gasteiger charge is 2.46. The van der Waals surface area contributed by atoms with Crippen molar-refractivity contribution in [3.05, 3.63) is 63.9 Å². The van der Waals surface area contributed by atoms with Crippen LogP contribution in [0.2, 0.25) is 5.02 Å². The van der Waals surface area contributed by atoms with Crippen molar-refractivity contribution in [1.82, 2.24) is 5.32 Å². The van der Waals surface area contributed by atoms with Crippen LogP contribution in [0.5, 0.6) is 0 Å². The fourth-order valence-electron chi connectivity index (χ4n) is 3.95. The Bertz CT molecular complexity index is 1070. The quantitative estimate of drug-likeness (QED) is 0.608. The van der Waals surface area contributed by atoms with Crippen LogP contribution in [-0.4, -0.2) is 29.1 Å². The van der Waals surface area contributed by atoms with Gasteiger partial charge >= 0.3 is 5.97 Å². The van der Waals surface area contributed by atoms with Crippen LogP contribution in [0.25, 0.3) is 16.7 Å². The number of amides is 1. The van der Waals surface area contributed by atoms with E-state index in [0.29, 0.717) is 10.6 Å². The number of carbonyl (C=O) groups excluding carboxylic acids is 2. The van der Waals surface area contributed by atoms with Crippen LogP contribution < -0.4 is 5.32 Å². The lowest BCUT2D eigenvalue weighted by Crippen LogP contribution is -2.44. The molecule has 0 aromatic heterocycles. The van der Waals surface area contributed by atoms with Gasteiger partial charge in [0.15, 0.2) is 0 Å². The van der Waals surface area contributed by atoms with Crippen molar-refractivity contribution >= 4 is 29.1 Å². The molecule has 0 radical (unpaired) electrons. The first-order chi connectivity index (χ1) is 14.9. The molecule has 0 saturated carbocycles. The molecule has 1 aliphatic rings. The van der Waals surface area contributed by atoms with Gasteiger partial charge in [-0.25, -0.2) is 0 Å². The smallest absolute Gasteiger partial charge is 0.316 e. The molecule has 0 aliphatic carbocycles. The van der Waals surface area contributed by atoms with Crippen molar-refractivity contribution < 1.29 is 19.4 Å². The number of aryl methyl sites for hydroxylation is 2. The highest BCUT2D eigenvalue weighted by Crippen LogP contribution is 2.40. The Labute approximate surface area is 194 Å². The van der Waals surface area contributed by atoms with Crippen molar-refractivity contribution in [2.75, 3.05) is 6.61 Å². The van der Waals surface area contributed by atoms with E-state index >= 15 is 0 Å². The lowest BCUT2D eigenvalue weighted by Gasteiger charge is -2.28. The normalized spacial score (nSPS) is 18.7. The summed E-state index contributed by atoms with van der Waals surface area (Å²) in [5, 5.41) is 13.2. The molecule has 170 valence electrons. The number of ether oxygens (including phenoxy) is 1. The summed E-state index contributed by atoms with van der Waals surface area (Å²) in [6.07, 6.45) is 0.232. The van der Waals surface area contributed by atoms with Crippen molar-refractivity contribution in [3.8, 4) is 11.1 Å². The topological polar surface area (TPSA) is 75.6 Å². The summed E-state index contributed by atoms with van der Waals surface area (Å²) in [4.78, 5) is 25.9. The van der Waals surface area contributed by atoms with Gasteiger partial charge in [-0.3, -0.25) is 9.59 Å². The predicted octanol–water partition coefficient (Wildman–Crippen LogP) is 5.20. The van der Waals surface area contributed by atoms with Crippen LogP contribution in [0, 0.1) is 19.3 Å². The molecule has 1 atom stereocenters. The largest absolute Gasteiger partial charge is 0.427 e. The number of hydrogen-bond acceptors (Lipinski definition) is 4. The lowest BCUT2D eigenvalue weighted by molar-refractivity contribution is -0.149. The minimum absolute atomic E-state index is 0.159. The maximum absolute atomic E-state index is 13.1. The van der Waals surface area contributed by atoms with E-state index in [1.165, 1.54) is 0 Å². The second-order valence-corrected chi connectivity index (χ2v) is 10.0. The minimum atomic E-state index is -0.976. The van der Waals surface area contributed by atoms with E-state index < -0.39 is 16.9 Å². The Hall–Kier alpha value is -2.63. The Balaban J connectivity index is 2.18. The average molecular weight is 456 g/mol. The predicted molar refractivity (Wildman–Crippen MR) is 127 cm³/mol. The number of hydrogen-bond donors (Lipinski definition) is 2. The Morgan fingerprint density at radius 1 is 1.09 bits per heavy atom. The van der Waals surface area contributed by atoms with Gasteiger partial charge in [-0.05, 0) is 81.5 Å². The Kier molecular flexibility index (Phi) is 6.55. The molecule has 2 aromatic carbocycles. The molecule has 0 saturated heterocycles. The number of rotatable bonds is 5. The van der Waals surface area contributed by atoms with Gasteiger partial charge in [0.25, 0.3) is 5.91 Å². The molecule has 6 heteroatoms. The second-order valence-electron chi connectivity index (χ2n) is 9.60. The van der Waals surface area contributed by atoms with Crippen molar-refractivity contribution in [2.24, 2.45) is 5.41 Å². The molecule has 32 heavy (non-hydrogen) atoms. The van der Waals surface area contributed by atoms with Gasteiger partial charge in [-0.15, -0.1) is 0 Å². The van der Waals surface area contributed by atoms with Gasteiger partial charge in [0.05, 0.1) is 16.5 Å². The minimum Gasteiger partial charge on any atom is -0.427 e. The van der Waals surface area contributed by atoms with Gasteiger partial charge in [0, 0.05) is 18.1 Å². The zero-order valence-electron chi connectivity index (χ0n) is 19.4. The van der Waals surface area contributed by atoms with Crippen molar-refractivity contribution in [2.45, 2.75) is 53.5 Å². The highest BCUT2D eigenvalue weighted by molar-refractivity contribution is 6.30. The van der Waals surface area contributed by atoms with E-state index in [2.05, 4.69) is 5.32 Å². The molecule has 5 nitrogen and oxygen atoms in total. The zero-order valence-corrected chi connectivity index (χ0v) is 20.2. The van der Waals surface area contributed by atoms with Gasteiger partial charge in [0.2, 0.25) is 0 Å². The Morgan fingerprint density at radius 2 is 1.66 bits per heavy atom. The summed E-state index contributed by atoms with van der Waals surface area (Å²) in [7, 11) is 0. The molecule has 3 rings (SSSR count). The van der Waals surface area contributed by atoms with Crippen LogP contribution >= 0.6 is 11.6 Å². The maximum Gasteiger partial charge on any atom is 0.316 e. The van der Waals surface area contributed by atoms with E-state index in [4.69, 9.17) is 16.3 Å². The summed E-state index contributed by atoms with van der Waals surface area (Å²) < 4.78 is 5.85. The third kappa shape index (κ3) is 4.59. The van der Waals surface area contributed by atoms with Crippen LogP contribution in [-0.2, 0) is 14.3 Å². The summed E-state index contributed by atoms with van der Waals surface area (Å²) in [5.41, 5.74) is 3.15. The Morgan fingerprint density at radius 3 is 2.16 bits per heavy atom. The number of halogens is 1. The van der Waals surface area contributed by atoms with Crippen LogP contribution in [0.15, 0.2) is 42.2 Å². The third-order valence-electron chi connectivity index (χ3n) is 5.72. The fraction of sp³-hybridized carbons (Fsp3) is 0.385. The number of carbonyl (C=O) groups is 2. The van der Waals surface area contributed by atoms with Gasteiger partial charge in [-0.1, -0.05) is 35.9 Å². The first kappa shape index (κ1) is 24.0. The zero-order chi connectivity index (χ0) is 23.8. The van der Waals surface area contributed by atoms with E-state index in [-0.39, 0.29) is 24.7 Å².